The van der Waals surface area contributed by atoms with Crippen molar-refractivity contribution in [2.24, 2.45) is 0 Å². The van der Waals surface area contributed by atoms with Gasteiger partial charge in [-0.25, -0.2) is 27.5 Å². The van der Waals surface area contributed by atoms with Gasteiger partial charge in [-0.05, 0) is 52.0 Å². The Balaban J connectivity index is 1.50. The zero-order chi connectivity index (χ0) is 20.8. The molecule has 0 aromatic carbocycles. The second-order valence-electron chi connectivity index (χ2n) is 7.90. The summed E-state index contributed by atoms with van der Waals surface area (Å²) in [6.07, 6.45) is 4.64. The van der Waals surface area contributed by atoms with Crippen LogP contribution in [0.5, 0.6) is 0 Å². The molecule has 0 spiro atoms. The average Bonchev–Trinajstić information content (AvgIpc) is 3.13. The molecule has 29 heavy (non-hydrogen) atoms. The molecule has 0 bridgehead atoms. The lowest BCUT2D eigenvalue weighted by atomic mass is 9.97. The molecule has 11 heteroatoms. The first-order valence-corrected chi connectivity index (χ1v) is 11.5. The highest BCUT2D eigenvalue weighted by atomic mass is 32.2. The molecule has 1 fully saturated rings. The molecule has 1 N–H and O–H groups in total. The number of halogens is 1. The summed E-state index contributed by atoms with van der Waals surface area (Å²) in [5, 5.41) is 11.9. The van der Waals surface area contributed by atoms with Crippen LogP contribution >= 0.6 is 0 Å². The number of sulfonamides is 1. The summed E-state index contributed by atoms with van der Waals surface area (Å²) in [6.45, 7) is 5.75. The van der Waals surface area contributed by atoms with E-state index < -0.39 is 15.5 Å². The normalized spacial score (nSPS) is 19.1. The Morgan fingerprint density at radius 1 is 1.21 bits per heavy atom. The second-order valence-corrected chi connectivity index (χ2v) is 10.1. The minimum absolute atomic E-state index is 0.0330. The number of aromatic nitrogens is 5. The lowest BCUT2D eigenvalue weighted by Gasteiger charge is -2.32. The number of aryl methyl sites for hydroxylation is 2. The second kappa shape index (κ2) is 7.60. The van der Waals surface area contributed by atoms with Crippen molar-refractivity contribution in [1.82, 2.24) is 29.3 Å². The van der Waals surface area contributed by atoms with Crippen molar-refractivity contribution in [3.05, 3.63) is 17.5 Å². The number of fused-ring (bicyclic) bond motifs is 3. The average molecular weight is 424 g/mol. The summed E-state index contributed by atoms with van der Waals surface area (Å²) >= 11 is 0. The Bertz CT molecular complexity index is 998. The van der Waals surface area contributed by atoms with Gasteiger partial charge in [0, 0.05) is 31.4 Å². The highest BCUT2D eigenvalue weighted by molar-refractivity contribution is 7.89. The molecule has 1 atom stereocenters. The van der Waals surface area contributed by atoms with E-state index in [-0.39, 0.29) is 25.2 Å². The topological polar surface area (TPSA) is 106 Å². The van der Waals surface area contributed by atoms with E-state index in [9.17, 15) is 12.8 Å². The fourth-order valence-electron chi connectivity index (χ4n) is 3.86. The number of alkyl halides is 1. The Morgan fingerprint density at radius 2 is 1.93 bits per heavy atom. The van der Waals surface area contributed by atoms with Crippen molar-refractivity contribution in [1.29, 1.82) is 0 Å². The Labute approximate surface area is 169 Å². The third kappa shape index (κ3) is 3.73. The molecule has 4 rings (SSSR count). The minimum atomic E-state index is -3.86. The predicted octanol–water partition coefficient (Wildman–Crippen LogP) is 1.94. The molecule has 1 aliphatic carbocycles. The van der Waals surface area contributed by atoms with Crippen LogP contribution in [0.4, 0.5) is 10.3 Å². The molecule has 2 aromatic heterocycles. The maximum atomic E-state index is 13.4. The van der Waals surface area contributed by atoms with Crippen LogP contribution in [0.1, 0.15) is 50.9 Å². The van der Waals surface area contributed by atoms with E-state index in [1.807, 2.05) is 10.9 Å². The van der Waals surface area contributed by atoms with Crippen LogP contribution in [-0.2, 0) is 22.9 Å². The molecule has 0 radical (unpaired) electrons. The summed E-state index contributed by atoms with van der Waals surface area (Å²) in [6, 6.07) is 0.207. The third-order valence-corrected chi connectivity index (χ3v) is 7.44. The number of rotatable bonds is 5. The zero-order valence-electron chi connectivity index (χ0n) is 16.8. The molecule has 1 saturated heterocycles. The number of anilines is 1. The number of nitrogens with one attached hydrogen (secondary N) is 1. The molecule has 2 aromatic rings. The summed E-state index contributed by atoms with van der Waals surface area (Å²) < 4.78 is 40.5. The van der Waals surface area contributed by atoms with Gasteiger partial charge >= 0.3 is 0 Å². The highest BCUT2D eigenvalue weighted by Crippen LogP contribution is 2.32. The van der Waals surface area contributed by atoms with Crippen molar-refractivity contribution in [2.45, 2.75) is 64.0 Å². The van der Waals surface area contributed by atoms with E-state index in [0.29, 0.717) is 18.8 Å². The largest absolute Gasteiger partial charge is 0.351 e. The summed E-state index contributed by atoms with van der Waals surface area (Å²) in [7, 11) is -3.86. The summed E-state index contributed by atoms with van der Waals surface area (Å²) in [5.74, 6) is 0.508. The Hall–Kier alpha value is -2.14. The quantitative estimate of drug-likeness (QED) is 0.783. The number of piperidine rings is 1. The lowest BCUT2D eigenvalue weighted by Crippen LogP contribution is -2.44. The molecular formula is C18H26FN7O2S. The van der Waals surface area contributed by atoms with Gasteiger partial charge in [0.15, 0.2) is 0 Å². The van der Waals surface area contributed by atoms with Crippen LogP contribution in [0, 0.1) is 0 Å². The van der Waals surface area contributed by atoms with E-state index >= 15 is 0 Å². The SMILES string of the molecule is CC(C)n1nnc2c1-c1nc(NC3CCN(S(=O)(=O)C(C)F)CC3)ncc1CC2. The van der Waals surface area contributed by atoms with E-state index in [4.69, 9.17) is 4.98 Å². The first-order chi connectivity index (χ1) is 13.8. The fourth-order valence-corrected chi connectivity index (χ4v) is 4.99. The first-order valence-electron chi connectivity index (χ1n) is 9.97. The van der Waals surface area contributed by atoms with Crippen LogP contribution in [0.3, 0.4) is 0 Å². The summed E-state index contributed by atoms with van der Waals surface area (Å²) in [5.41, 5.74) is 1.95. The monoisotopic (exact) mass is 423 g/mol. The predicted molar refractivity (Wildman–Crippen MR) is 107 cm³/mol. The summed E-state index contributed by atoms with van der Waals surface area (Å²) in [4.78, 5) is 9.19. The maximum Gasteiger partial charge on any atom is 0.246 e. The third-order valence-electron chi connectivity index (χ3n) is 5.53. The van der Waals surface area contributed by atoms with E-state index in [0.717, 1.165) is 42.4 Å². The van der Waals surface area contributed by atoms with Gasteiger partial charge in [0.2, 0.25) is 21.5 Å². The van der Waals surface area contributed by atoms with Crippen LogP contribution in [-0.4, -0.2) is 62.3 Å². The van der Waals surface area contributed by atoms with Gasteiger partial charge in [-0.1, -0.05) is 5.21 Å². The van der Waals surface area contributed by atoms with E-state index in [2.05, 4.69) is 34.5 Å². The van der Waals surface area contributed by atoms with Crippen molar-refractivity contribution in [3.8, 4) is 11.4 Å². The lowest BCUT2D eigenvalue weighted by molar-refractivity contribution is 0.310. The Kier molecular flexibility index (Phi) is 5.28. The zero-order valence-corrected chi connectivity index (χ0v) is 17.7. The standard InChI is InChI=1S/C18H26FN7O2S/c1-11(2)26-17-15(23-24-26)5-4-13-10-20-18(22-16(13)17)21-14-6-8-25(9-7-14)29(27,28)12(3)19/h10-12,14H,4-9H2,1-3H3,(H,20,21,22). The molecule has 0 saturated carbocycles. The number of hydrogen-bond donors (Lipinski definition) is 1. The van der Waals surface area contributed by atoms with Crippen LogP contribution in [0.15, 0.2) is 6.20 Å². The van der Waals surface area contributed by atoms with Gasteiger partial charge in [-0.2, -0.15) is 4.31 Å². The van der Waals surface area contributed by atoms with E-state index in [1.165, 1.54) is 4.31 Å². The molecule has 158 valence electrons. The van der Waals surface area contributed by atoms with Crippen LogP contribution in [0.2, 0.25) is 0 Å². The van der Waals surface area contributed by atoms with Crippen molar-refractivity contribution in [2.75, 3.05) is 18.4 Å². The molecular weight excluding hydrogens is 397 g/mol. The fraction of sp³-hybridized carbons (Fsp3) is 0.667. The van der Waals surface area contributed by atoms with Gasteiger partial charge in [0.25, 0.3) is 0 Å². The smallest absolute Gasteiger partial charge is 0.246 e. The van der Waals surface area contributed by atoms with Crippen molar-refractivity contribution < 1.29 is 12.8 Å². The molecule has 1 unspecified atom stereocenters. The molecule has 9 nitrogen and oxygen atoms in total. The number of nitrogens with zero attached hydrogens (tertiary/aromatic N) is 6. The maximum absolute atomic E-state index is 13.4. The van der Waals surface area contributed by atoms with Gasteiger partial charge < -0.3 is 5.32 Å². The first kappa shape index (κ1) is 20.1. The van der Waals surface area contributed by atoms with E-state index in [1.54, 1.807) is 0 Å². The Morgan fingerprint density at radius 3 is 2.59 bits per heavy atom. The van der Waals surface area contributed by atoms with Gasteiger partial charge in [-0.3, -0.25) is 0 Å². The van der Waals surface area contributed by atoms with Gasteiger partial charge in [0.05, 0.1) is 11.4 Å². The van der Waals surface area contributed by atoms with Gasteiger partial charge in [0.1, 0.15) is 5.69 Å². The number of hydrogen-bond acceptors (Lipinski definition) is 7. The molecule has 0 amide bonds. The van der Waals surface area contributed by atoms with Crippen molar-refractivity contribution >= 4 is 16.0 Å². The van der Waals surface area contributed by atoms with Crippen LogP contribution in [0.25, 0.3) is 11.4 Å². The minimum Gasteiger partial charge on any atom is -0.351 e. The van der Waals surface area contributed by atoms with Crippen molar-refractivity contribution in [3.63, 3.8) is 0 Å². The van der Waals surface area contributed by atoms with Gasteiger partial charge in [-0.15, -0.1) is 5.10 Å². The highest BCUT2D eigenvalue weighted by Gasteiger charge is 2.32. The molecule has 2 aliphatic rings. The molecule has 1 aliphatic heterocycles. The van der Waals surface area contributed by atoms with Crippen LogP contribution < -0.4 is 5.32 Å². The molecule has 3 heterocycles.